The predicted octanol–water partition coefficient (Wildman–Crippen LogP) is 2.00. The van der Waals surface area contributed by atoms with Crippen LogP contribution in [0.4, 0.5) is 11.8 Å². The molecule has 5 heteroatoms. The van der Waals surface area contributed by atoms with E-state index in [0.717, 1.165) is 6.42 Å². The van der Waals surface area contributed by atoms with Gasteiger partial charge >= 0.3 is 0 Å². The summed E-state index contributed by atoms with van der Waals surface area (Å²) in [7, 11) is 0. The van der Waals surface area contributed by atoms with Crippen LogP contribution < -0.4 is 16.2 Å². The second kappa shape index (κ2) is 4.69. The minimum Gasteiger partial charge on any atom is -0.439 e. The van der Waals surface area contributed by atoms with E-state index in [4.69, 9.17) is 16.2 Å². The summed E-state index contributed by atoms with van der Waals surface area (Å²) in [4.78, 5) is 7.72. The van der Waals surface area contributed by atoms with E-state index < -0.39 is 0 Å². The summed E-state index contributed by atoms with van der Waals surface area (Å²) < 4.78 is 5.57. The molecule has 17 heavy (non-hydrogen) atoms. The number of anilines is 2. The Morgan fingerprint density at radius 1 is 1.18 bits per heavy atom. The van der Waals surface area contributed by atoms with Crippen molar-refractivity contribution in [2.45, 2.75) is 13.3 Å². The molecule has 0 fully saturated rings. The summed E-state index contributed by atoms with van der Waals surface area (Å²) in [6.07, 6.45) is 0.950. The maximum Gasteiger partial charge on any atom is 0.226 e. The Labute approximate surface area is 99.5 Å². The number of aromatic nitrogens is 2. The van der Waals surface area contributed by atoms with Crippen molar-refractivity contribution in [3.05, 3.63) is 35.9 Å². The number of ether oxygens (including phenoxy) is 1. The van der Waals surface area contributed by atoms with E-state index in [9.17, 15) is 0 Å². The van der Waals surface area contributed by atoms with Crippen LogP contribution in [0.15, 0.2) is 30.3 Å². The first-order valence-electron chi connectivity index (χ1n) is 5.34. The van der Waals surface area contributed by atoms with Crippen molar-refractivity contribution in [2.75, 3.05) is 11.5 Å². The summed E-state index contributed by atoms with van der Waals surface area (Å²) in [5.41, 5.74) is 12.2. The lowest BCUT2D eigenvalue weighted by atomic mass is 10.2. The molecule has 88 valence electrons. The Bertz CT molecular complexity index is 507. The van der Waals surface area contributed by atoms with Gasteiger partial charge in [-0.05, 0) is 24.1 Å². The molecule has 2 rings (SSSR count). The van der Waals surface area contributed by atoms with Gasteiger partial charge in [0.25, 0.3) is 0 Å². The number of hydrogen-bond acceptors (Lipinski definition) is 5. The molecule has 0 aliphatic rings. The van der Waals surface area contributed by atoms with E-state index in [-0.39, 0.29) is 5.95 Å². The average Bonchev–Trinajstić information content (AvgIpc) is 2.28. The molecule has 0 amide bonds. The highest BCUT2D eigenvalue weighted by atomic mass is 16.5. The topological polar surface area (TPSA) is 87.0 Å². The maximum absolute atomic E-state index is 5.57. The minimum atomic E-state index is 0.103. The lowest BCUT2D eigenvalue weighted by Crippen LogP contribution is -2.00. The molecule has 4 N–H and O–H groups in total. The summed E-state index contributed by atoms with van der Waals surface area (Å²) in [6.45, 7) is 2.08. The molecule has 0 saturated carbocycles. The fourth-order valence-electron chi connectivity index (χ4n) is 1.46. The molecule has 0 aliphatic carbocycles. The van der Waals surface area contributed by atoms with Crippen molar-refractivity contribution < 1.29 is 4.74 Å². The number of nitrogens with two attached hydrogens (primary N) is 2. The molecule has 2 aromatic rings. The lowest BCUT2D eigenvalue weighted by molar-refractivity contribution is 0.462. The second-order valence-corrected chi connectivity index (χ2v) is 3.59. The van der Waals surface area contributed by atoms with Gasteiger partial charge in [0, 0.05) is 6.07 Å². The molecule has 0 saturated heterocycles. The van der Waals surface area contributed by atoms with Gasteiger partial charge in [-0.3, -0.25) is 0 Å². The number of nitrogen functional groups attached to an aromatic ring is 2. The molecule has 1 heterocycles. The zero-order chi connectivity index (χ0) is 12.3. The Morgan fingerprint density at radius 3 is 2.71 bits per heavy atom. The molecule has 0 unspecified atom stereocenters. The van der Waals surface area contributed by atoms with Crippen LogP contribution in [0.5, 0.6) is 11.6 Å². The zero-order valence-electron chi connectivity index (χ0n) is 9.55. The SMILES string of the molecule is CCc1cccc(Oc2cc(N)nc(N)n2)c1. The summed E-state index contributed by atoms with van der Waals surface area (Å²) in [5, 5.41) is 0. The third kappa shape index (κ3) is 2.84. The number of rotatable bonds is 3. The Morgan fingerprint density at radius 2 is 2.00 bits per heavy atom. The third-order valence-electron chi connectivity index (χ3n) is 2.27. The van der Waals surface area contributed by atoms with Gasteiger partial charge in [0.05, 0.1) is 0 Å². The predicted molar refractivity (Wildman–Crippen MR) is 66.8 cm³/mol. The standard InChI is InChI=1S/C12H14N4O/c1-2-8-4-3-5-9(6-8)17-11-7-10(13)15-12(14)16-11/h3-7H,2H2,1H3,(H4,13,14,15,16). The van der Waals surface area contributed by atoms with Gasteiger partial charge in [0.15, 0.2) is 0 Å². The number of nitrogens with zero attached hydrogens (tertiary/aromatic N) is 2. The second-order valence-electron chi connectivity index (χ2n) is 3.59. The van der Waals surface area contributed by atoms with Crippen LogP contribution in [0.3, 0.4) is 0 Å². The van der Waals surface area contributed by atoms with E-state index in [1.807, 2.05) is 24.3 Å². The van der Waals surface area contributed by atoms with Crippen LogP contribution in [-0.4, -0.2) is 9.97 Å². The van der Waals surface area contributed by atoms with Crippen LogP contribution in [-0.2, 0) is 6.42 Å². The summed E-state index contributed by atoms with van der Waals surface area (Å²) in [6, 6.07) is 9.31. The number of hydrogen-bond donors (Lipinski definition) is 2. The van der Waals surface area contributed by atoms with Crippen molar-refractivity contribution in [2.24, 2.45) is 0 Å². The van der Waals surface area contributed by atoms with E-state index in [2.05, 4.69) is 16.9 Å². The first-order chi connectivity index (χ1) is 8.17. The molecule has 0 atom stereocenters. The summed E-state index contributed by atoms with van der Waals surface area (Å²) >= 11 is 0. The third-order valence-corrected chi connectivity index (χ3v) is 2.27. The highest BCUT2D eigenvalue weighted by Gasteiger charge is 2.03. The number of aryl methyl sites for hydroxylation is 1. The van der Waals surface area contributed by atoms with Crippen LogP contribution in [0.1, 0.15) is 12.5 Å². The summed E-state index contributed by atoms with van der Waals surface area (Å²) in [5.74, 6) is 1.45. The van der Waals surface area contributed by atoms with Gasteiger partial charge in [0.1, 0.15) is 11.6 Å². The van der Waals surface area contributed by atoms with E-state index in [1.54, 1.807) is 0 Å². The Hall–Kier alpha value is -2.30. The van der Waals surface area contributed by atoms with E-state index in [0.29, 0.717) is 17.4 Å². The fraction of sp³-hybridized carbons (Fsp3) is 0.167. The van der Waals surface area contributed by atoms with Gasteiger partial charge < -0.3 is 16.2 Å². The Balaban J connectivity index is 2.24. The maximum atomic E-state index is 5.57. The van der Waals surface area contributed by atoms with Crippen LogP contribution in [0.25, 0.3) is 0 Å². The van der Waals surface area contributed by atoms with Gasteiger partial charge in [-0.25, -0.2) is 0 Å². The highest BCUT2D eigenvalue weighted by Crippen LogP contribution is 2.22. The molecule has 0 bridgehead atoms. The van der Waals surface area contributed by atoms with Crippen LogP contribution in [0.2, 0.25) is 0 Å². The molecule has 0 spiro atoms. The van der Waals surface area contributed by atoms with Gasteiger partial charge in [0.2, 0.25) is 11.8 Å². The van der Waals surface area contributed by atoms with Crippen molar-refractivity contribution in [1.82, 2.24) is 9.97 Å². The highest BCUT2D eigenvalue weighted by molar-refractivity contribution is 5.40. The molecule has 1 aromatic carbocycles. The van der Waals surface area contributed by atoms with E-state index in [1.165, 1.54) is 11.6 Å². The van der Waals surface area contributed by atoms with Crippen molar-refractivity contribution in [3.63, 3.8) is 0 Å². The monoisotopic (exact) mass is 230 g/mol. The van der Waals surface area contributed by atoms with E-state index >= 15 is 0 Å². The first kappa shape index (κ1) is 11.2. The smallest absolute Gasteiger partial charge is 0.226 e. The van der Waals surface area contributed by atoms with Gasteiger partial charge in [-0.15, -0.1) is 0 Å². The number of benzene rings is 1. The largest absolute Gasteiger partial charge is 0.439 e. The minimum absolute atomic E-state index is 0.103. The molecule has 5 nitrogen and oxygen atoms in total. The zero-order valence-corrected chi connectivity index (χ0v) is 9.55. The molecule has 0 aliphatic heterocycles. The van der Waals surface area contributed by atoms with Crippen LogP contribution >= 0.6 is 0 Å². The van der Waals surface area contributed by atoms with Crippen molar-refractivity contribution in [3.8, 4) is 11.6 Å². The molecule has 0 radical (unpaired) electrons. The van der Waals surface area contributed by atoms with Crippen molar-refractivity contribution >= 4 is 11.8 Å². The van der Waals surface area contributed by atoms with Gasteiger partial charge in [-0.1, -0.05) is 19.1 Å². The normalized spacial score (nSPS) is 10.2. The molecule has 1 aromatic heterocycles. The Kier molecular flexibility index (Phi) is 3.09. The average molecular weight is 230 g/mol. The molecular formula is C12H14N4O. The molecular weight excluding hydrogens is 216 g/mol. The fourth-order valence-corrected chi connectivity index (χ4v) is 1.46. The van der Waals surface area contributed by atoms with Crippen molar-refractivity contribution in [1.29, 1.82) is 0 Å². The lowest BCUT2D eigenvalue weighted by Gasteiger charge is -2.06. The van der Waals surface area contributed by atoms with Gasteiger partial charge in [-0.2, -0.15) is 9.97 Å². The first-order valence-corrected chi connectivity index (χ1v) is 5.34. The quantitative estimate of drug-likeness (QED) is 0.842. The van der Waals surface area contributed by atoms with Crippen LogP contribution in [0, 0.1) is 0 Å².